The van der Waals surface area contributed by atoms with Gasteiger partial charge in [-0.05, 0) is 45.9 Å². The maximum absolute atomic E-state index is 11.2. The van der Waals surface area contributed by atoms with Crippen molar-refractivity contribution < 1.29 is 19.8 Å². The number of alkyl halides is 1. The van der Waals surface area contributed by atoms with Crippen LogP contribution in [0.5, 0.6) is 0 Å². The summed E-state index contributed by atoms with van der Waals surface area (Å²) < 4.78 is 0.762. The van der Waals surface area contributed by atoms with Crippen molar-refractivity contribution in [1.29, 1.82) is 0 Å². The Hall–Kier alpha value is -0.660. The van der Waals surface area contributed by atoms with Crippen LogP contribution in [0.25, 0.3) is 0 Å². The molecule has 1 aromatic carbocycles. The second kappa shape index (κ2) is 6.32. The number of carbonyl (C=O) groups is 2. The molecule has 0 saturated carbocycles. The molecule has 0 bridgehead atoms. The molecule has 0 heterocycles. The van der Waals surface area contributed by atoms with Crippen LogP contribution in [-0.2, 0) is 16.0 Å². The number of rotatable bonds is 5. The largest absolute Gasteiger partial charge is 0.479 e. The molecule has 0 radical (unpaired) electrons. The van der Waals surface area contributed by atoms with Crippen LogP contribution >= 0.6 is 34.2 Å². The van der Waals surface area contributed by atoms with Gasteiger partial charge in [-0.1, -0.05) is 6.07 Å². The molecule has 0 aliphatic rings. The average molecular weight is 369 g/mol. The summed E-state index contributed by atoms with van der Waals surface area (Å²) in [5.74, 6) is -1.55. The first-order valence-electron chi connectivity index (χ1n) is 4.72. The number of Topliss-reactive ketones (excluding diaryl/α,β-unsaturated/α-hetero) is 1. The highest BCUT2D eigenvalue weighted by Crippen LogP contribution is 2.19. The molecular weight excluding hydrogens is 358 g/mol. The van der Waals surface area contributed by atoms with E-state index in [9.17, 15) is 14.7 Å². The Labute approximate surface area is 117 Å². The Balaban J connectivity index is 3.01. The molecule has 4 nitrogen and oxygen atoms in total. The van der Waals surface area contributed by atoms with E-state index in [-0.39, 0.29) is 23.6 Å². The molecule has 0 aliphatic carbocycles. The van der Waals surface area contributed by atoms with E-state index in [1.807, 2.05) is 22.6 Å². The number of carboxylic acids is 1. The van der Waals surface area contributed by atoms with Crippen molar-refractivity contribution in [2.75, 3.05) is 5.88 Å². The van der Waals surface area contributed by atoms with Crippen molar-refractivity contribution in [2.45, 2.75) is 12.5 Å². The molecule has 0 fully saturated rings. The Morgan fingerprint density at radius 2 is 2.00 bits per heavy atom. The monoisotopic (exact) mass is 368 g/mol. The molecule has 6 heteroatoms. The summed E-state index contributed by atoms with van der Waals surface area (Å²) in [6, 6.07) is 4.82. The van der Waals surface area contributed by atoms with Crippen LogP contribution in [0.4, 0.5) is 0 Å². The predicted octanol–water partition coefficient (Wildman–Crippen LogP) is 1.76. The van der Waals surface area contributed by atoms with E-state index < -0.39 is 12.1 Å². The molecule has 0 aromatic heterocycles. The van der Waals surface area contributed by atoms with Gasteiger partial charge in [-0.3, -0.25) is 4.79 Å². The lowest BCUT2D eigenvalue weighted by atomic mass is 10.0. The highest BCUT2D eigenvalue weighted by atomic mass is 127. The van der Waals surface area contributed by atoms with Gasteiger partial charge in [0, 0.05) is 9.99 Å². The first kappa shape index (κ1) is 14.4. The number of aliphatic carboxylic acids is 1. The maximum Gasteiger partial charge on any atom is 0.337 e. The standard InChI is InChI=1S/C11H10ClIO4/c12-5-9(14)3-6-1-7(4-8(13)2-6)10(15)11(16)17/h1-2,4,10,15H,3,5H2,(H,16,17). The van der Waals surface area contributed by atoms with E-state index in [1.165, 1.54) is 6.07 Å². The lowest BCUT2D eigenvalue weighted by Crippen LogP contribution is -2.12. The second-order valence-electron chi connectivity index (χ2n) is 3.48. The molecule has 92 valence electrons. The third-order valence-corrected chi connectivity index (χ3v) is 3.00. The molecule has 2 N–H and O–H groups in total. The number of halogens is 2. The second-order valence-corrected chi connectivity index (χ2v) is 5.00. The summed E-state index contributed by atoms with van der Waals surface area (Å²) in [5, 5.41) is 18.1. The number of hydrogen-bond donors (Lipinski definition) is 2. The lowest BCUT2D eigenvalue weighted by molar-refractivity contribution is -0.146. The van der Waals surface area contributed by atoms with Gasteiger partial charge in [0.05, 0.1) is 5.88 Å². The quantitative estimate of drug-likeness (QED) is 0.613. The van der Waals surface area contributed by atoms with Crippen LogP contribution in [-0.4, -0.2) is 27.8 Å². The number of hydrogen-bond acceptors (Lipinski definition) is 3. The van der Waals surface area contributed by atoms with Crippen molar-refractivity contribution in [1.82, 2.24) is 0 Å². The van der Waals surface area contributed by atoms with Crippen LogP contribution in [0.1, 0.15) is 17.2 Å². The summed E-state index contributed by atoms with van der Waals surface area (Å²) in [4.78, 5) is 21.9. The van der Waals surface area contributed by atoms with Gasteiger partial charge in [0.25, 0.3) is 0 Å². The normalized spacial score (nSPS) is 12.2. The molecule has 0 amide bonds. The third kappa shape index (κ3) is 4.25. The third-order valence-electron chi connectivity index (χ3n) is 2.08. The van der Waals surface area contributed by atoms with Gasteiger partial charge < -0.3 is 10.2 Å². The molecular formula is C11H10ClIO4. The van der Waals surface area contributed by atoms with E-state index in [4.69, 9.17) is 16.7 Å². The maximum atomic E-state index is 11.2. The van der Waals surface area contributed by atoms with Crippen LogP contribution in [0.2, 0.25) is 0 Å². The zero-order valence-corrected chi connectivity index (χ0v) is 11.6. The zero-order valence-electron chi connectivity index (χ0n) is 8.69. The SMILES string of the molecule is O=C(CCl)Cc1cc(I)cc(C(O)C(=O)O)c1. The number of aliphatic hydroxyl groups is 1. The smallest absolute Gasteiger partial charge is 0.337 e. The molecule has 0 aliphatic heterocycles. The van der Waals surface area contributed by atoms with Crippen LogP contribution in [0.15, 0.2) is 18.2 Å². The van der Waals surface area contributed by atoms with Gasteiger partial charge in [0.1, 0.15) is 0 Å². The van der Waals surface area contributed by atoms with Gasteiger partial charge in [0.2, 0.25) is 0 Å². The minimum Gasteiger partial charge on any atom is -0.479 e. The first-order valence-corrected chi connectivity index (χ1v) is 6.33. The first-order chi connectivity index (χ1) is 7.93. The van der Waals surface area contributed by atoms with E-state index >= 15 is 0 Å². The van der Waals surface area contributed by atoms with Crippen LogP contribution < -0.4 is 0 Å². The Bertz CT molecular complexity index is 447. The predicted molar refractivity (Wildman–Crippen MR) is 71.2 cm³/mol. The van der Waals surface area contributed by atoms with E-state index in [0.29, 0.717) is 5.56 Å². The van der Waals surface area contributed by atoms with E-state index in [0.717, 1.165) is 3.57 Å². The number of benzene rings is 1. The highest BCUT2D eigenvalue weighted by molar-refractivity contribution is 14.1. The van der Waals surface area contributed by atoms with Crippen LogP contribution in [0.3, 0.4) is 0 Å². The summed E-state index contributed by atoms with van der Waals surface area (Å²) >= 11 is 7.40. The van der Waals surface area contributed by atoms with E-state index in [2.05, 4.69) is 0 Å². The Morgan fingerprint density at radius 1 is 1.35 bits per heavy atom. The molecule has 1 atom stereocenters. The fourth-order valence-electron chi connectivity index (χ4n) is 1.35. The van der Waals surface area contributed by atoms with Gasteiger partial charge in [-0.25, -0.2) is 4.79 Å². The number of carboxylic acid groups (broad SMARTS) is 1. The number of carbonyl (C=O) groups excluding carboxylic acids is 1. The highest BCUT2D eigenvalue weighted by Gasteiger charge is 2.17. The summed E-state index contributed by atoms with van der Waals surface area (Å²) in [7, 11) is 0. The van der Waals surface area contributed by atoms with Crippen molar-refractivity contribution >= 4 is 45.9 Å². The minimum absolute atomic E-state index is 0.0811. The van der Waals surface area contributed by atoms with Gasteiger partial charge in [-0.15, -0.1) is 11.6 Å². The van der Waals surface area contributed by atoms with Crippen LogP contribution in [0, 0.1) is 3.57 Å². The fraction of sp³-hybridized carbons (Fsp3) is 0.273. The molecule has 0 spiro atoms. The zero-order chi connectivity index (χ0) is 13.0. The Morgan fingerprint density at radius 3 is 2.53 bits per heavy atom. The van der Waals surface area contributed by atoms with E-state index in [1.54, 1.807) is 12.1 Å². The topological polar surface area (TPSA) is 74.6 Å². The number of ketones is 1. The fourth-order valence-corrected chi connectivity index (χ4v) is 2.21. The summed E-state index contributed by atoms with van der Waals surface area (Å²) in [6.07, 6.45) is -1.44. The minimum atomic E-state index is -1.57. The van der Waals surface area contributed by atoms with Gasteiger partial charge in [0.15, 0.2) is 11.9 Å². The number of aliphatic hydroxyl groups excluding tert-OH is 1. The summed E-state index contributed by atoms with van der Waals surface area (Å²) in [6.45, 7) is 0. The van der Waals surface area contributed by atoms with Crippen molar-refractivity contribution in [3.05, 3.63) is 32.9 Å². The van der Waals surface area contributed by atoms with Gasteiger partial charge >= 0.3 is 5.97 Å². The average Bonchev–Trinajstić information content (AvgIpc) is 2.26. The molecule has 0 saturated heterocycles. The van der Waals surface area contributed by atoms with Crippen molar-refractivity contribution in [2.24, 2.45) is 0 Å². The molecule has 1 rings (SSSR count). The van der Waals surface area contributed by atoms with Crippen molar-refractivity contribution in [3.8, 4) is 0 Å². The van der Waals surface area contributed by atoms with Crippen molar-refractivity contribution in [3.63, 3.8) is 0 Å². The molecule has 1 unspecified atom stereocenters. The molecule has 17 heavy (non-hydrogen) atoms. The lowest BCUT2D eigenvalue weighted by Gasteiger charge is -2.09. The summed E-state index contributed by atoms with van der Waals surface area (Å²) in [5.41, 5.74) is 0.916. The van der Waals surface area contributed by atoms with Gasteiger partial charge in [-0.2, -0.15) is 0 Å². The Kier molecular flexibility index (Phi) is 5.35. The molecule has 1 aromatic rings.